The molecule has 0 atom stereocenters. The molecule has 0 saturated heterocycles. The first-order valence-electron chi connectivity index (χ1n) is 6.95. The number of carbonyl (C=O) groups is 1. The summed E-state index contributed by atoms with van der Waals surface area (Å²) in [6, 6.07) is 5.36. The van der Waals surface area contributed by atoms with Crippen molar-refractivity contribution in [2.75, 3.05) is 33.4 Å². The van der Waals surface area contributed by atoms with Gasteiger partial charge in [-0.2, -0.15) is 0 Å². The van der Waals surface area contributed by atoms with Gasteiger partial charge in [0.1, 0.15) is 0 Å². The Bertz CT molecular complexity index is 595. The number of nitrogens with zero attached hydrogens (tertiary/aromatic N) is 3. The number of methoxy groups -OCH3 is 1. The Kier molecular flexibility index (Phi) is 5.59. The molecule has 0 fully saturated rings. The molecule has 21 heavy (non-hydrogen) atoms. The van der Waals surface area contributed by atoms with E-state index in [-0.39, 0.29) is 5.91 Å². The topological polar surface area (TPSA) is 81.3 Å². The van der Waals surface area contributed by atoms with Crippen LogP contribution in [0.1, 0.15) is 16.8 Å². The molecule has 0 aliphatic heterocycles. The predicted molar refractivity (Wildman–Crippen MR) is 81.0 cm³/mol. The van der Waals surface area contributed by atoms with E-state index in [0.29, 0.717) is 37.3 Å². The summed E-state index contributed by atoms with van der Waals surface area (Å²) in [6.45, 7) is 2.23. The fraction of sp³-hybridized carbons (Fsp3) is 0.400. The van der Waals surface area contributed by atoms with Crippen molar-refractivity contribution in [2.45, 2.75) is 6.42 Å². The molecule has 1 aromatic heterocycles. The number of hydrogen-bond acceptors (Lipinski definition) is 5. The van der Waals surface area contributed by atoms with E-state index in [4.69, 9.17) is 10.5 Å². The molecule has 1 heterocycles. The first-order valence-corrected chi connectivity index (χ1v) is 6.95. The molecule has 2 rings (SSSR count). The number of nitrogens with two attached hydrogens (primary N) is 1. The monoisotopic (exact) mass is 288 g/mol. The third-order valence-corrected chi connectivity index (χ3v) is 3.20. The zero-order chi connectivity index (χ0) is 15.1. The highest BCUT2D eigenvalue weighted by atomic mass is 16.5. The first kappa shape index (κ1) is 15.3. The number of aromatic nitrogens is 2. The minimum absolute atomic E-state index is 0.0342. The van der Waals surface area contributed by atoms with Gasteiger partial charge in [-0.25, -0.2) is 0 Å². The van der Waals surface area contributed by atoms with E-state index < -0.39 is 0 Å². The lowest BCUT2D eigenvalue weighted by molar-refractivity contribution is 0.0694. The molecular weight excluding hydrogens is 268 g/mol. The second-order valence-electron chi connectivity index (χ2n) is 4.69. The van der Waals surface area contributed by atoms with Crippen LogP contribution in [0.25, 0.3) is 11.0 Å². The minimum atomic E-state index is -0.0342. The lowest BCUT2D eigenvalue weighted by Gasteiger charge is -2.22. The molecule has 6 heteroatoms. The summed E-state index contributed by atoms with van der Waals surface area (Å²) in [5.41, 5.74) is 7.63. The molecule has 0 aliphatic carbocycles. The highest BCUT2D eigenvalue weighted by Gasteiger charge is 2.15. The summed E-state index contributed by atoms with van der Waals surface area (Å²) < 4.78 is 5.06. The fourth-order valence-electron chi connectivity index (χ4n) is 2.08. The number of benzene rings is 1. The SMILES string of the molecule is COCCN(CCCN)C(=O)c1ccc2nccnc2c1. The van der Waals surface area contributed by atoms with Gasteiger partial charge in [-0.15, -0.1) is 0 Å². The number of carbonyl (C=O) groups excluding carboxylic acids is 1. The van der Waals surface area contributed by atoms with Crippen LogP contribution in [-0.2, 0) is 4.74 Å². The molecule has 2 aromatic rings. The van der Waals surface area contributed by atoms with Crippen molar-refractivity contribution in [3.8, 4) is 0 Å². The van der Waals surface area contributed by atoms with Crippen LogP contribution in [0, 0.1) is 0 Å². The number of fused-ring (bicyclic) bond motifs is 1. The predicted octanol–water partition coefficient (Wildman–Crippen LogP) is 1.07. The maximum Gasteiger partial charge on any atom is 0.254 e. The second kappa shape index (κ2) is 7.66. The van der Waals surface area contributed by atoms with Gasteiger partial charge in [0, 0.05) is 38.2 Å². The summed E-state index contributed by atoms with van der Waals surface area (Å²) in [5, 5.41) is 0. The van der Waals surface area contributed by atoms with Gasteiger partial charge in [0.25, 0.3) is 5.91 Å². The van der Waals surface area contributed by atoms with Gasteiger partial charge in [-0.05, 0) is 31.2 Å². The summed E-state index contributed by atoms with van der Waals surface area (Å²) in [5.74, 6) is -0.0342. The summed E-state index contributed by atoms with van der Waals surface area (Å²) in [6.07, 6.45) is 4.02. The Morgan fingerprint density at radius 2 is 2.00 bits per heavy atom. The van der Waals surface area contributed by atoms with Gasteiger partial charge in [0.15, 0.2) is 0 Å². The Balaban J connectivity index is 2.20. The maximum absolute atomic E-state index is 12.6. The van der Waals surface area contributed by atoms with Crippen molar-refractivity contribution in [1.82, 2.24) is 14.9 Å². The van der Waals surface area contributed by atoms with E-state index in [9.17, 15) is 4.79 Å². The Hall–Kier alpha value is -2.05. The van der Waals surface area contributed by atoms with Crippen molar-refractivity contribution < 1.29 is 9.53 Å². The van der Waals surface area contributed by atoms with Gasteiger partial charge in [0.05, 0.1) is 17.6 Å². The van der Waals surface area contributed by atoms with Crippen LogP contribution in [0.5, 0.6) is 0 Å². The minimum Gasteiger partial charge on any atom is -0.383 e. The number of hydrogen-bond donors (Lipinski definition) is 1. The molecule has 2 N–H and O–H groups in total. The second-order valence-corrected chi connectivity index (χ2v) is 4.69. The third-order valence-electron chi connectivity index (χ3n) is 3.20. The standard InChI is InChI=1S/C15H20N4O2/c1-21-10-9-19(8-2-5-16)15(20)12-3-4-13-14(11-12)18-7-6-17-13/h3-4,6-7,11H,2,5,8-10,16H2,1H3. The van der Waals surface area contributed by atoms with Gasteiger partial charge in [-0.3, -0.25) is 14.8 Å². The highest BCUT2D eigenvalue weighted by molar-refractivity contribution is 5.97. The van der Waals surface area contributed by atoms with E-state index in [0.717, 1.165) is 11.9 Å². The molecule has 1 amide bonds. The average Bonchev–Trinajstić information content (AvgIpc) is 2.54. The van der Waals surface area contributed by atoms with Crippen molar-refractivity contribution in [3.63, 3.8) is 0 Å². The van der Waals surface area contributed by atoms with Crippen molar-refractivity contribution >= 4 is 16.9 Å². The third kappa shape index (κ3) is 3.96. The molecular formula is C15H20N4O2. The zero-order valence-corrected chi connectivity index (χ0v) is 12.2. The van der Waals surface area contributed by atoms with E-state index in [1.54, 1.807) is 36.5 Å². The number of amides is 1. The van der Waals surface area contributed by atoms with Crippen LogP contribution >= 0.6 is 0 Å². The Labute approximate surface area is 123 Å². The van der Waals surface area contributed by atoms with Crippen LogP contribution in [0.4, 0.5) is 0 Å². The van der Waals surface area contributed by atoms with Crippen LogP contribution in [0.15, 0.2) is 30.6 Å². The van der Waals surface area contributed by atoms with E-state index >= 15 is 0 Å². The first-order chi connectivity index (χ1) is 10.3. The van der Waals surface area contributed by atoms with Crippen molar-refractivity contribution in [2.24, 2.45) is 5.73 Å². The molecule has 0 bridgehead atoms. The van der Waals surface area contributed by atoms with Crippen LogP contribution in [0.3, 0.4) is 0 Å². The van der Waals surface area contributed by atoms with Crippen LogP contribution in [-0.4, -0.2) is 54.1 Å². The van der Waals surface area contributed by atoms with Crippen LogP contribution < -0.4 is 5.73 Å². The molecule has 112 valence electrons. The molecule has 0 saturated carbocycles. The normalized spacial score (nSPS) is 10.8. The molecule has 0 spiro atoms. The Morgan fingerprint density at radius 3 is 2.71 bits per heavy atom. The number of rotatable bonds is 7. The smallest absolute Gasteiger partial charge is 0.254 e. The van der Waals surface area contributed by atoms with Crippen molar-refractivity contribution in [3.05, 3.63) is 36.2 Å². The molecule has 0 unspecified atom stereocenters. The lowest BCUT2D eigenvalue weighted by atomic mass is 10.1. The van der Waals surface area contributed by atoms with Crippen molar-refractivity contribution in [1.29, 1.82) is 0 Å². The van der Waals surface area contributed by atoms with Gasteiger partial charge < -0.3 is 15.4 Å². The maximum atomic E-state index is 12.6. The molecule has 0 radical (unpaired) electrons. The van der Waals surface area contributed by atoms with E-state index in [1.807, 2.05) is 6.07 Å². The fourth-order valence-corrected chi connectivity index (χ4v) is 2.08. The molecule has 6 nitrogen and oxygen atoms in total. The van der Waals surface area contributed by atoms with Gasteiger partial charge in [-0.1, -0.05) is 0 Å². The lowest BCUT2D eigenvalue weighted by Crippen LogP contribution is -2.35. The van der Waals surface area contributed by atoms with Gasteiger partial charge in [0.2, 0.25) is 0 Å². The molecule has 0 aliphatic rings. The molecule has 1 aromatic carbocycles. The van der Waals surface area contributed by atoms with E-state index in [2.05, 4.69) is 9.97 Å². The van der Waals surface area contributed by atoms with Crippen LogP contribution in [0.2, 0.25) is 0 Å². The van der Waals surface area contributed by atoms with E-state index in [1.165, 1.54) is 0 Å². The summed E-state index contributed by atoms with van der Waals surface area (Å²) in [4.78, 5) is 22.8. The van der Waals surface area contributed by atoms with Gasteiger partial charge >= 0.3 is 0 Å². The summed E-state index contributed by atoms with van der Waals surface area (Å²) >= 11 is 0. The quantitative estimate of drug-likeness (QED) is 0.824. The Morgan fingerprint density at radius 1 is 1.24 bits per heavy atom. The average molecular weight is 288 g/mol. The largest absolute Gasteiger partial charge is 0.383 e. The number of ether oxygens (including phenoxy) is 1. The highest BCUT2D eigenvalue weighted by Crippen LogP contribution is 2.13. The zero-order valence-electron chi connectivity index (χ0n) is 12.2. The summed E-state index contributed by atoms with van der Waals surface area (Å²) in [7, 11) is 1.62.